The molecule has 5 N–H and O–H groups in total. The van der Waals surface area contributed by atoms with Gasteiger partial charge < -0.3 is 5.73 Å². The van der Waals surface area contributed by atoms with E-state index in [0.29, 0.717) is 12.8 Å². The fourth-order valence-corrected chi connectivity index (χ4v) is 2.97. The first kappa shape index (κ1) is 13.7. The van der Waals surface area contributed by atoms with E-state index in [-0.39, 0.29) is 10.9 Å². The number of sulfonamides is 1. The lowest BCUT2D eigenvalue weighted by Gasteiger charge is -2.30. The van der Waals surface area contributed by atoms with Crippen LogP contribution in [0.3, 0.4) is 0 Å². The Balaban J connectivity index is 3.08. The van der Waals surface area contributed by atoms with E-state index in [4.69, 9.17) is 11.1 Å². The van der Waals surface area contributed by atoms with Crippen molar-refractivity contribution in [3.05, 3.63) is 12.3 Å². The van der Waals surface area contributed by atoms with E-state index < -0.39 is 15.6 Å². The van der Waals surface area contributed by atoms with Crippen molar-refractivity contribution < 1.29 is 8.42 Å². The number of nitrogens with zero attached hydrogens (tertiary/aromatic N) is 1. The Bertz CT molecular complexity index is 475. The summed E-state index contributed by atoms with van der Waals surface area (Å²) in [5.74, 6) is -0.189. The summed E-state index contributed by atoms with van der Waals surface area (Å²) in [5, 5.41) is 13.5. The minimum absolute atomic E-state index is 0.0370. The molecule has 0 atom stereocenters. The number of rotatable bonds is 6. The SMILES string of the molecule is CCC(CC)(NS(=O)(=O)c1ccn[nH]1)C(=N)N. The van der Waals surface area contributed by atoms with E-state index >= 15 is 0 Å². The van der Waals surface area contributed by atoms with Crippen LogP contribution in [0.25, 0.3) is 0 Å². The van der Waals surface area contributed by atoms with Gasteiger partial charge in [-0.3, -0.25) is 10.5 Å². The van der Waals surface area contributed by atoms with E-state index in [1.165, 1.54) is 12.3 Å². The van der Waals surface area contributed by atoms with Crippen molar-refractivity contribution >= 4 is 15.9 Å². The molecule has 0 amide bonds. The van der Waals surface area contributed by atoms with Gasteiger partial charge in [-0.05, 0) is 18.9 Å². The van der Waals surface area contributed by atoms with E-state index in [1.807, 2.05) is 0 Å². The molecule has 1 rings (SSSR count). The third-order valence-corrected chi connectivity index (χ3v) is 4.28. The van der Waals surface area contributed by atoms with Crippen molar-refractivity contribution in [1.29, 1.82) is 5.41 Å². The Morgan fingerprint density at radius 3 is 2.53 bits per heavy atom. The molecule has 7 nitrogen and oxygen atoms in total. The van der Waals surface area contributed by atoms with Crippen molar-refractivity contribution in [2.45, 2.75) is 37.3 Å². The lowest BCUT2D eigenvalue weighted by atomic mass is 9.93. The summed E-state index contributed by atoms with van der Waals surface area (Å²) < 4.78 is 26.5. The van der Waals surface area contributed by atoms with E-state index in [0.717, 1.165) is 0 Å². The minimum Gasteiger partial charge on any atom is -0.386 e. The van der Waals surface area contributed by atoms with Gasteiger partial charge in [0.25, 0.3) is 10.0 Å². The molecule has 1 aromatic rings. The Kier molecular flexibility index (Phi) is 3.89. The average molecular weight is 259 g/mol. The number of aromatic amines is 1. The van der Waals surface area contributed by atoms with Crippen molar-refractivity contribution in [1.82, 2.24) is 14.9 Å². The van der Waals surface area contributed by atoms with Crippen molar-refractivity contribution in [3.8, 4) is 0 Å². The molecule has 8 heteroatoms. The molecule has 0 fully saturated rings. The molecule has 0 saturated carbocycles. The van der Waals surface area contributed by atoms with Gasteiger partial charge in [-0.15, -0.1) is 0 Å². The number of hydrogen-bond acceptors (Lipinski definition) is 4. The largest absolute Gasteiger partial charge is 0.386 e. The van der Waals surface area contributed by atoms with Gasteiger partial charge in [0, 0.05) is 0 Å². The molecule has 0 aliphatic carbocycles. The summed E-state index contributed by atoms with van der Waals surface area (Å²) in [6.07, 6.45) is 2.17. The van der Waals surface area contributed by atoms with Crippen LogP contribution in [0.2, 0.25) is 0 Å². The second-order valence-corrected chi connectivity index (χ2v) is 5.38. The number of nitrogens with one attached hydrogen (secondary N) is 3. The zero-order chi connectivity index (χ0) is 13.1. The number of nitrogens with two attached hydrogens (primary N) is 1. The number of H-pyrrole nitrogens is 1. The molecule has 0 aliphatic rings. The smallest absolute Gasteiger partial charge is 0.258 e. The highest BCUT2D eigenvalue weighted by Gasteiger charge is 2.35. The molecule has 1 heterocycles. The Morgan fingerprint density at radius 2 is 2.18 bits per heavy atom. The monoisotopic (exact) mass is 259 g/mol. The van der Waals surface area contributed by atoms with Crippen molar-refractivity contribution in [3.63, 3.8) is 0 Å². The second kappa shape index (κ2) is 4.84. The van der Waals surface area contributed by atoms with Gasteiger partial charge in [0.2, 0.25) is 0 Å². The van der Waals surface area contributed by atoms with Crippen LogP contribution in [-0.2, 0) is 10.0 Å². The molecule has 1 aromatic heterocycles. The maximum Gasteiger partial charge on any atom is 0.258 e. The van der Waals surface area contributed by atoms with Gasteiger partial charge in [0.05, 0.1) is 11.7 Å². The van der Waals surface area contributed by atoms with E-state index in [2.05, 4.69) is 14.9 Å². The van der Waals surface area contributed by atoms with Crippen LogP contribution in [0.1, 0.15) is 26.7 Å². The zero-order valence-electron chi connectivity index (χ0n) is 9.82. The molecule has 0 aliphatic heterocycles. The first-order valence-corrected chi connectivity index (χ1v) is 6.74. The summed E-state index contributed by atoms with van der Waals surface area (Å²) in [5.41, 5.74) is 4.45. The molecule has 0 spiro atoms. The van der Waals surface area contributed by atoms with Crippen molar-refractivity contribution in [2.24, 2.45) is 5.73 Å². The quantitative estimate of drug-likeness (QED) is 0.429. The molecule has 0 aromatic carbocycles. The Labute approximate surface area is 100 Å². The van der Waals surface area contributed by atoms with Crippen LogP contribution < -0.4 is 10.5 Å². The molecule has 0 saturated heterocycles. The topological polar surface area (TPSA) is 125 Å². The van der Waals surface area contributed by atoms with Crippen LogP contribution in [0.4, 0.5) is 0 Å². The summed E-state index contributed by atoms with van der Waals surface area (Å²) in [4.78, 5) is 0. The van der Waals surface area contributed by atoms with E-state index in [9.17, 15) is 8.42 Å². The molecule has 0 unspecified atom stereocenters. The van der Waals surface area contributed by atoms with Crippen LogP contribution in [0.5, 0.6) is 0 Å². The number of amidine groups is 1. The summed E-state index contributed by atoms with van der Waals surface area (Å²) in [6, 6.07) is 1.35. The third-order valence-electron chi connectivity index (χ3n) is 2.82. The average Bonchev–Trinajstić information content (AvgIpc) is 2.79. The standard InChI is InChI=1S/C9H17N5O2S/c1-3-9(4-2,8(10)11)14-17(15,16)7-5-6-12-13-7/h5-6,14H,3-4H2,1-2H3,(H3,10,11)(H,12,13). The predicted octanol–water partition coefficient (Wildman–Crippen LogP) is 0.183. The third kappa shape index (κ3) is 2.64. The van der Waals surface area contributed by atoms with Crippen molar-refractivity contribution in [2.75, 3.05) is 0 Å². The molecular weight excluding hydrogens is 242 g/mol. The lowest BCUT2D eigenvalue weighted by molar-refractivity contribution is 0.457. The van der Waals surface area contributed by atoms with Crippen LogP contribution in [0.15, 0.2) is 17.3 Å². The van der Waals surface area contributed by atoms with Gasteiger partial charge in [-0.2, -0.15) is 9.82 Å². The highest BCUT2D eigenvalue weighted by molar-refractivity contribution is 7.89. The summed E-state index contributed by atoms with van der Waals surface area (Å²) in [7, 11) is -3.73. The summed E-state index contributed by atoms with van der Waals surface area (Å²) in [6.45, 7) is 3.56. The van der Waals surface area contributed by atoms with Gasteiger partial charge in [0.1, 0.15) is 5.84 Å². The molecular formula is C9H17N5O2S. The molecule has 0 radical (unpaired) electrons. The van der Waals surface area contributed by atoms with Gasteiger partial charge >= 0.3 is 0 Å². The normalized spacial score (nSPS) is 12.6. The highest BCUT2D eigenvalue weighted by atomic mass is 32.2. The Hall–Kier alpha value is -1.41. The Morgan fingerprint density at radius 1 is 1.59 bits per heavy atom. The van der Waals surface area contributed by atoms with Crippen LogP contribution in [-0.4, -0.2) is 30.0 Å². The molecule has 17 heavy (non-hydrogen) atoms. The fourth-order valence-electron chi connectivity index (χ4n) is 1.54. The van der Waals surface area contributed by atoms with E-state index in [1.54, 1.807) is 13.8 Å². The fraction of sp³-hybridized carbons (Fsp3) is 0.556. The molecule has 0 bridgehead atoms. The molecule has 96 valence electrons. The maximum absolute atomic E-state index is 12.0. The zero-order valence-corrected chi connectivity index (χ0v) is 10.6. The van der Waals surface area contributed by atoms with Gasteiger partial charge in [-0.25, -0.2) is 8.42 Å². The number of aromatic nitrogens is 2. The van der Waals surface area contributed by atoms with Gasteiger partial charge in [0.15, 0.2) is 5.03 Å². The first-order valence-electron chi connectivity index (χ1n) is 5.26. The van der Waals surface area contributed by atoms with Crippen LogP contribution >= 0.6 is 0 Å². The lowest BCUT2D eigenvalue weighted by Crippen LogP contribution is -2.56. The second-order valence-electron chi connectivity index (χ2n) is 3.73. The minimum atomic E-state index is -3.73. The van der Waals surface area contributed by atoms with Crippen LogP contribution in [0, 0.1) is 5.41 Å². The highest BCUT2D eigenvalue weighted by Crippen LogP contribution is 2.18. The van der Waals surface area contributed by atoms with Gasteiger partial charge in [-0.1, -0.05) is 13.8 Å². The predicted molar refractivity (Wildman–Crippen MR) is 64.1 cm³/mol. The summed E-state index contributed by atoms with van der Waals surface area (Å²) >= 11 is 0. The maximum atomic E-state index is 12.0. The number of hydrogen-bond donors (Lipinski definition) is 4. The first-order chi connectivity index (χ1) is 7.88.